The van der Waals surface area contributed by atoms with E-state index in [1.165, 1.54) is 6.20 Å². The summed E-state index contributed by atoms with van der Waals surface area (Å²) >= 11 is 5.91. The van der Waals surface area contributed by atoms with Crippen molar-refractivity contribution < 1.29 is 0 Å². The molecule has 94 valence electrons. The fraction of sp³-hybridized carbons (Fsp3) is 0.273. The highest BCUT2D eigenvalue weighted by Crippen LogP contribution is 2.18. The van der Waals surface area contributed by atoms with Gasteiger partial charge in [0, 0.05) is 6.20 Å². The molecule has 0 amide bonds. The second-order valence-corrected chi connectivity index (χ2v) is 4.14. The molecule has 0 unspecified atom stereocenters. The van der Waals surface area contributed by atoms with Crippen LogP contribution in [-0.4, -0.2) is 20.2 Å². The molecule has 0 aliphatic heterocycles. The van der Waals surface area contributed by atoms with Crippen LogP contribution >= 0.6 is 11.6 Å². The lowest BCUT2D eigenvalue weighted by Gasteiger charge is -2.03. The maximum absolute atomic E-state index is 11.6. The van der Waals surface area contributed by atoms with E-state index in [0.717, 1.165) is 18.4 Å². The van der Waals surface area contributed by atoms with Crippen molar-refractivity contribution in [2.45, 2.75) is 19.8 Å². The lowest BCUT2D eigenvalue weighted by atomic mass is 10.1. The molecule has 0 aromatic carbocycles. The van der Waals surface area contributed by atoms with Gasteiger partial charge in [0.25, 0.3) is 5.56 Å². The van der Waals surface area contributed by atoms with E-state index in [1.54, 1.807) is 6.07 Å². The van der Waals surface area contributed by atoms with Gasteiger partial charge in [0.15, 0.2) is 5.15 Å². The first-order chi connectivity index (χ1) is 8.61. The summed E-state index contributed by atoms with van der Waals surface area (Å²) in [5.74, 6) is 0. The van der Waals surface area contributed by atoms with Gasteiger partial charge in [0.2, 0.25) is 0 Å². The zero-order valence-corrected chi connectivity index (χ0v) is 10.4. The Kier molecular flexibility index (Phi) is 3.57. The molecule has 18 heavy (non-hydrogen) atoms. The summed E-state index contributed by atoms with van der Waals surface area (Å²) in [6.45, 7) is 2.02. The smallest absolute Gasteiger partial charge is 0.313 e. The van der Waals surface area contributed by atoms with E-state index in [0.29, 0.717) is 10.8 Å². The predicted octanol–water partition coefficient (Wildman–Crippen LogP) is 1.13. The van der Waals surface area contributed by atoms with Gasteiger partial charge in [-0.25, -0.2) is 4.79 Å². The number of aromatic nitrogens is 4. The van der Waals surface area contributed by atoms with E-state index in [9.17, 15) is 9.59 Å². The Balaban J connectivity index is 2.54. The van der Waals surface area contributed by atoms with Gasteiger partial charge >= 0.3 is 5.69 Å². The molecule has 7 heteroatoms. The first-order valence-electron chi connectivity index (χ1n) is 5.46. The molecule has 0 bridgehead atoms. The molecular formula is C11H11ClN4O2. The summed E-state index contributed by atoms with van der Waals surface area (Å²) in [5, 5.41) is 8.00. The predicted molar refractivity (Wildman–Crippen MR) is 67.7 cm³/mol. The third-order valence-corrected chi connectivity index (χ3v) is 2.75. The van der Waals surface area contributed by atoms with Gasteiger partial charge in [-0.15, -0.1) is 10.2 Å². The molecule has 2 aromatic heterocycles. The fourth-order valence-electron chi connectivity index (χ4n) is 1.59. The van der Waals surface area contributed by atoms with Crippen molar-refractivity contribution >= 4 is 11.6 Å². The molecule has 6 nitrogen and oxygen atoms in total. The lowest BCUT2D eigenvalue weighted by Crippen LogP contribution is -2.23. The van der Waals surface area contributed by atoms with Crippen LogP contribution in [0.25, 0.3) is 11.3 Å². The zero-order valence-electron chi connectivity index (χ0n) is 9.66. The van der Waals surface area contributed by atoms with Gasteiger partial charge in [0.05, 0.1) is 5.56 Å². The summed E-state index contributed by atoms with van der Waals surface area (Å²) < 4.78 is 0. The van der Waals surface area contributed by atoms with Crippen LogP contribution in [0.4, 0.5) is 0 Å². The molecule has 0 aliphatic rings. The van der Waals surface area contributed by atoms with Crippen LogP contribution in [0.2, 0.25) is 5.15 Å². The Labute approximate surface area is 107 Å². The number of nitrogens with zero attached hydrogens (tertiary/aromatic N) is 2. The molecule has 2 aromatic rings. The third kappa shape index (κ3) is 2.48. The van der Waals surface area contributed by atoms with Crippen LogP contribution in [0.15, 0.2) is 21.9 Å². The minimum atomic E-state index is -0.556. The van der Waals surface area contributed by atoms with Gasteiger partial charge in [-0.05, 0) is 18.1 Å². The lowest BCUT2D eigenvalue weighted by molar-refractivity contribution is 0.893. The van der Waals surface area contributed by atoms with Gasteiger partial charge in [0.1, 0.15) is 5.69 Å². The fourth-order valence-corrected chi connectivity index (χ4v) is 1.78. The SMILES string of the molecule is CCCc1cc(-c2c[nH]c(=O)[nH]c2=O)nnc1Cl. The monoisotopic (exact) mass is 266 g/mol. The van der Waals surface area contributed by atoms with E-state index in [4.69, 9.17) is 11.6 Å². The Morgan fingerprint density at radius 1 is 1.33 bits per heavy atom. The zero-order chi connectivity index (χ0) is 13.1. The largest absolute Gasteiger partial charge is 0.325 e. The van der Waals surface area contributed by atoms with Gasteiger partial charge < -0.3 is 4.98 Å². The number of halogens is 1. The van der Waals surface area contributed by atoms with Crippen LogP contribution < -0.4 is 11.2 Å². The number of aryl methyl sites for hydroxylation is 1. The maximum atomic E-state index is 11.6. The van der Waals surface area contributed by atoms with Gasteiger partial charge in [-0.2, -0.15) is 0 Å². The van der Waals surface area contributed by atoms with Crippen LogP contribution in [0.5, 0.6) is 0 Å². The van der Waals surface area contributed by atoms with Crippen LogP contribution in [0, 0.1) is 0 Å². The van der Waals surface area contributed by atoms with Crippen LogP contribution in [0.1, 0.15) is 18.9 Å². The van der Waals surface area contributed by atoms with E-state index in [2.05, 4.69) is 20.2 Å². The van der Waals surface area contributed by atoms with E-state index in [1.807, 2.05) is 6.92 Å². The highest BCUT2D eigenvalue weighted by atomic mass is 35.5. The molecule has 0 spiro atoms. The minimum absolute atomic E-state index is 0.260. The Morgan fingerprint density at radius 2 is 2.11 bits per heavy atom. The second kappa shape index (κ2) is 5.14. The summed E-state index contributed by atoms with van der Waals surface area (Å²) in [4.78, 5) is 27.1. The van der Waals surface area contributed by atoms with Crippen LogP contribution in [0.3, 0.4) is 0 Å². The van der Waals surface area contributed by atoms with Crippen molar-refractivity contribution in [3.8, 4) is 11.3 Å². The van der Waals surface area contributed by atoms with Crippen LogP contribution in [-0.2, 0) is 6.42 Å². The number of hydrogen-bond acceptors (Lipinski definition) is 4. The van der Waals surface area contributed by atoms with Crippen molar-refractivity contribution in [3.63, 3.8) is 0 Å². The number of hydrogen-bond donors (Lipinski definition) is 2. The molecule has 2 rings (SSSR count). The molecule has 0 aliphatic carbocycles. The highest BCUT2D eigenvalue weighted by Gasteiger charge is 2.09. The summed E-state index contributed by atoms with van der Waals surface area (Å²) in [7, 11) is 0. The normalized spacial score (nSPS) is 10.6. The number of H-pyrrole nitrogens is 2. The van der Waals surface area contributed by atoms with Gasteiger partial charge in [-0.3, -0.25) is 9.78 Å². The average molecular weight is 267 g/mol. The Hall–Kier alpha value is -1.95. The molecule has 2 heterocycles. The van der Waals surface area contributed by atoms with E-state index < -0.39 is 11.2 Å². The Bertz CT molecular complexity index is 677. The van der Waals surface area contributed by atoms with E-state index >= 15 is 0 Å². The summed E-state index contributed by atoms with van der Waals surface area (Å²) in [6.07, 6.45) is 2.98. The molecular weight excluding hydrogens is 256 g/mol. The molecule has 0 saturated carbocycles. The summed E-state index contributed by atoms with van der Waals surface area (Å²) in [5.41, 5.74) is 0.420. The molecule has 0 saturated heterocycles. The molecule has 0 radical (unpaired) electrons. The third-order valence-electron chi connectivity index (χ3n) is 2.44. The average Bonchev–Trinajstić information content (AvgIpc) is 2.33. The van der Waals surface area contributed by atoms with Crippen molar-refractivity contribution in [1.82, 2.24) is 20.2 Å². The first-order valence-corrected chi connectivity index (χ1v) is 5.84. The summed E-state index contributed by atoms with van der Waals surface area (Å²) in [6, 6.07) is 1.71. The van der Waals surface area contributed by atoms with Crippen molar-refractivity contribution in [2.24, 2.45) is 0 Å². The van der Waals surface area contributed by atoms with Crippen molar-refractivity contribution in [3.05, 3.63) is 43.8 Å². The van der Waals surface area contributed by atoms with Gasteiger partial charge in [-0.1, -0.05) is 24.9 Å². The number of rotatable bonds is 3. The molecule has 0 fully saturated rings. The standard InChI is InChI=1S/C11H11ClN4O2/c1-2-3-6-4-8(15-16-9(6)12)7-5-13-11(18)14-10(7)17/h4-5H,2-3H2,1H3,(H2,13,14,17,18). The Morgan fingerprint density at radius 3 is 2.78 bits per heavy atom. The first kappa shape index (κ1) is 12.5. The second-order valence-electron chi connectivity index (χ2n) is 3.78. The minimum Gasteiger partial charge on any atom is -0.313 e. The highest BCUT2D eigenvalue weighted by molar-refractivity contribution is 6.30. The maximum Gasteiger partial charge on any atom is 0.325 e. The molecule has 0 atom stereocenters. The number of nitrogens with one attached hydrogen (secondary N) is 2. The number of aromatic amines is 2. The molecule has 2 N–H and O–H groups in total. The van der Waals surface area contributed by atoms with E-state index in [-0.39, 0.29) is 5.56 Å². The van der Waals surface area contributed by atoms with Crippen molar-refractivity contribution in [1.29, 1.82) is 0 Å². The quantitative estimate of drug-likeness (QED) is 0.871. The topological polar surface area (TPSA) is 91.5 Å². The van der Waals surface area contributed by atoms with Crippen molar-refractivity contribution in [2.75, 3.05) is 0 Å².